The van der Waals surface area contributed by atoms with Gasteiger partial charge in [0.25, 0.3) is 0 Å². The fourth-order valence-electron chi connectivity index (χ4n) is 2.06. The highest BCUT2D eigenvalue weighted by atomic mass is 79.9. The molecule has 14 heavy (non-hydrogen) atoms. The molecule has 2 rings (SSSR count). The Morgan fingerprint density at radius 3 is 2.71 bits per heavy atom. The largest absolute Gasteiger partial charge is 0.388 e. The summed E-state index contributed by atoms with van der Waals surface area (Å²) in [5.41, 5.74) is 0.399. The average Bonchev–Trinajstić information content (AvgIpc) is 2.49. The van der Waals surface area contributed by atoms with Gasteiger partial charge in [0.1, 0.15) is 0 Å². The van der Waals surface area contributed by atoms with E-state index in [4.69, 9.17) is 0 Å². The van der Waals surface area contributed by atoms with E-state index in [1.54, 1.807) is 11.3 Å². The predicted octanol–water partition coefficient (Wildman–Crippen LogP) is 4.12. The second kappa shape index (κ2) is 3.95. The molecule has 0 radical (unpaired) electrons. The highest BCUT2D eigenvalue weighted by Crippen LogP contribution is 2.47. The monoisotopic (exact) mass is 274 g/mol. The molecule has 1 nitrogen and oxygen atoms in total. The fourth-order valence-corrected chi connectivity index (χ4v) is 3.47. The van der Waals surface area contributed by atoms with Crippen LogP contribution >= 0.6 is 27.3 Å². The number of rotatable bonds is 3. The molecule has 1 atom stereocenters. The maximum atomic E-state index is 10.0. The van der Waals surface area contributed by atoms with Crippen LogP contribution in [0.2, 0.25) is 0 Å². The van der Waals surface area contributed by atoms with Crippen LogP contribution in [0.1, 0.15) is 43.6 Å². The Bertz CT molecular complexity index is 317. The Balaban J connectivity index is 1.98. The van der Waals surface area contributed by atoms with Crippen LogP contribution in [-0.4, -0.2) is 5.11 Å². The number of halogens is 1. The summed E-state index contributed by atoms with van der Waals surface area (Å²) in [5.74, 6) is 0. The summed E-state index contributed by atoms with van der Waals surface area (Å²) >= 11 is 5.06. The Labute approximate surface area is 97.3 Å². The molecule has 0 saturated heterocycles. The number of aliphatic hydroxyl groups excluding tert-OH is 1. The maximum absolute atomic E-state index is 10.0. The third-order valence-corrected chi connectivity index (χ3v) is 4.89. The van der Waals surface area contributed by atoms with Crippen LogP contribution in [-0.2, 0) is 0 Å². The SMILES string of the molecule is CC1(CC(O)c2ccc(Br)s2)CCC1. The van der Waals surface area contributed by atoms with Crippen molar-refractivity contribution in [2.75, 3.05) is 0 Å². The van der Waals surface area contributed by atoms with Crippen molar-refractivity contribution >= 4 is 27.3 Å². The van der Waals surface area contributed by atoms with Crippen molar-refractivity contribution in [3.05, 3.63) is 20.8 Å². The zero-order valence-corrected chi connectivity index (χ0v) is 10.7. The van der Waals surface area contributed by atoms with Crippen molar-refractivity contribution in [1.29, 1.82) is 0 Å². The second-order valence-electron chi connectivity index (χ2n) is 4.53. The van der Waals surface area contributed by atoms with Crippen LogP contribution in [0, 0.1) is 5.41 Å². The molecule has 1 unspecified atom stereocenters. The van der Waals surface area contributed by atoms with Crippen molar-refractivity contribution in [3.63, 3.8) is 0 Å². The van der Waals surface area contributed by atoms with E-state index >= 15 is 0 Å². The van der Waals surface area contributed by atoms with E-state index in [1.807, 2.05) is 12.1 Å². The molecule has 0 bridgehead atoms. The van der Waals surface area contributed by atoms with Crippen LogP contribution in [0.25, 0.3) is 0 Å². The maximum Gasteiger partial charge on any atom is 0.0887 e. The third kappa shape index (κ3) is 2.20. The molecule has 0 amide bonds. The first-order valence-electron chi connectivity index (χ1n) is 5.02. The van der Waals surface area contributed by atoms with Crippen molar-refractivity contribution in [2.45, 2.75) is 38.7 Å². The lowest BCUT2D eigenvalue weighted by atomic mass is 9.67. The summed E-state index contributed by atoms with van der Waals surface area (Å²) in [6.07, 6.45) is 4.53. The average molecular weight is 275 g/mol. The lowest BCUT2D eigenvalue weighted by Crippen LogP contribution is -2.27. The van der Waals surface area contributed by atoms with Crippen LogP contribution in [0.5, 0.6) is 0 Å². The van der Waals surface area contributed by atoms with Gasteiger partial charge in [0.05, 0.1) is 9.89 Å². The number of hydrogen-bond acceptors (Lipinski definition) is 2. The van der Waals surface area contributed by atoms with Gasteiger partial charge in [-0.15, -0.1) is 11.3 Å². The summed E-state index contributed by atoms with van der Waals surface area (Å²) in [5, 5.41) is 10.0. The normalized spacial score (nSPS) is 21.6. The molecule has 78 valence electrons. The molecule has 1 aliphatic carbocycles. The van der Waals surface area contributed by atoms with Crippen LogP contribution in [0.3, 0.4) is 0 Å². The topological polar surface area (TPSA) is 20.2 Å². The fraction of sp³-hybridized carbons (Fsp3) is 0.636. The van der Waals surface area contributed by atoms with Crippen molar-refractivity contribution in [3.8, 4) is 0 Å². The molecular weight excluding hydrogens is 260 g/mol. The minimum Gasteiger partial charge on any atom is -0.388 e. The number of aliphatic hydroxyl groups is 1. The minimum atomic E-state index is -0.267. The molecule has 1 aromatic heterocycles. The quantitative estimate of drug-likeness (QED) is 0.879. The minimum absolute atomic E-state index is 0.267. The van der Waals surface area contributed by atoms with Crippen LogP contribution in [0.15, 0.2) is 15.9 Å². The molecule has 1 N–H and O–H groups in total. The van der Waals surface area contributed by atoms with Gasteiger partial charge in [-0.1, -0.05) is 13.3 Å². The Morgan fingerprint density at radius 2 is 2.29 bits per heavy atom. The molecular formula is C11H15BrOS. The van der Waals surface area contributed by atoms with Gasteiger partial charge < -0.3 is 5.11 Å². The van der Waals surface area contributed by atoms with Gasteiger partial charge in [-0.3, -0.25) is 0 Å². The summed E-state index contributed by atoms with van der Waals surface area (Å²) in [7, 11) is 0. The van der Waals surface area contributed by atoms with Crippen molar-refractivity contribution in [2.24, 2.45) is 5.41 Å². The first-order chi connectivity index (χ1) is 6.59. The number of hydrogen-bond donors (Lipinski definition) is 1. The number of thiophene rings is 1. The third-order valence-electron chi connectivity index (χ3n) is 3.17. The van der Waals surface area contributed by atoms with Gasteiger partial charge in [0.2, 0.25) is 0 Å². The van der Waals surface area contributed by atoms with E-state index < -0.39 is 0 Å². The highest BCUT2D eigenvalue weighted by molar-refractivity contribution is 9.11. The van der Waals surface area contributed by atoms with Gasteiger partial charge >= 0.3 is 0 Å². The summed E-state index contributed by atoms with van der Waals surface area (Å²) in [6, 6.07) is 4.02. The smallest absolute Gasteiger partial charge is 0.0887 e. The zero-order valence-electron chi connectivity index (χ0n) is 8.29. The standard InChI is InChI=1S/C11H15BrOS/c1-11(5-2-6-11)7-8(13)9-3-4-10(12)14-9/h3-4,8,13H,2,5-7H2,1H3. The van der Waals surface area contributed by atoms with Crippen molar-refractivity contribution < 1.29 is 5.11 Å². The summed E-state index contributed by atoms with van der Waals surface area (Å²) in [4.78, 5) is 1.09. The molecule has 1 heterocycles. The van der Waals surface area contributed by atoms with E-state index in [0.717, 1.165) is 15.1 Å². The van der Waals surface area contributed by atoms with E-state index in [-0.39, 0.29) is 6.10 Å². The predicted molar refractivity (Wildman–Crippen MR) is 63.6 cm³/mol. The Morgan fingerprint density at radius 1 is 1.57 bits per heavy atom. The van der Waals surface area contributed by atoms with Gasteiger partial charge in [0.15, 0.2) is 0 Å². The molecule has 1 saturated carbocycles. The van der Waals surface area contributed by atoms with Gasteiger partial charge in [-0.05, 0) is 52.7 Å². The molecule has 0 spiro atoms. The van der Waals surface area contributed by atoms with Gasteiger partial charge in [-0.2, -0.15) is 0 Å². The Hall–Kier alpha value is 0.140. The lowest BCUT2D eigenvalue weighted by Gasteiger charge is -2.39. The lowest BCUT2D eigenvalue weighted by molar-refractivity contribution is 0.0565. The Kier molecular flexibility index (Phi) is 3.01. The summed E-state index contributed by atoms with van der Waals surface area (Å²) in [6.45, 7) is 2.28. The molecule has 3 heteroatoms. The molecule has 0 aromatic carbocycles. The summed E-state index contributed by atoms with van der Waals surface area (Å²) < 4.78 is 1.10. The van der Waals surface area contributed by atoms with Crippen molar-refractivity contribution in [1.82, 2.24) is 0 Å². The first-order valence-corrected chi connectivity index (χ1v) is 6.63. The zero-order chi connectivity index (χ0) is 10.2. The van der Waals surface area contributed by atoms with E-state index in [0.29, 0.717) is 5.41 Å². The van der Waals surface area contributed by atoms with Gasteiger partial charge in [0, 0.05) is 4.88 Å². The molecule has 1 aliphatic rings. The first kappa shape index (κ1) is 10.7. The van der Waals surface area contributed by atoms with Crippen LogP contribution in [0.4, 0.5) is 0 Å². The molecule has 1 aromatic rings. The van der Waals surface area contributed by atoms with E-state index in [9.17, 15) is 5.11 Å². The highest BCUT2D eigenvalue weighted by Gasteiger charge is 2.34. The van der Waals surface area contributed by atoms with E-state index in [1.165, 1.54) is 19.3 Å². The molecule has 1 fully saturated rings. The van der Waals surface area contributed by atoms with Crippen LogP contribution < -0.4 is 0 Å². The van der Waals surface area contributed by atoms with E-state index in [2.05, 4.69) is 22.9 Å². The second-order valence-corrected chi connectivity index (χ2v) is 7.02. The molecule has 0 aliphatic heterocycles. The van der Waals surface area contributed by atoms with Gasteiger partial charge in [-0.25, -0.2) is 0 Å².